The van der Waals surface area contributed by atoms with Crippen LogP contribution in [0.2, 0.25) is 0 Å². The Bertz CT molecular complexity index is 536. The van der Waals surface area contributed by atoms with Crippen molar-refractivity contribution in [3.63, 3.8) is 0 Å². The van der Waals surface area contributed by atoms with E-state index >= 15 is 0 Å². The second-order valence-corrected chi connectivity index (χ2v) is 4.36. The minimum absolute atomic E-state index is 0.277. The van der Waals surface area contributed by atoms with Crippen molar-refractivity contribution in [3.05, 3.63) is 47.0 Å². The van der Waals surface area contributed by atoms with Crippen LogP contribution >= 0.6 is 0 Å². The largest absolute Gasteiger partial charge is 0.319 e. The summed E-state index contributed by atoms with van der Waals surface area (Å²) in [6.07, 6.45) is 2.59. The minimum Gasteiger partial charge on any atom is -0.319 e. The number of aromatic nitrogens is 3. The molecule has 0 fully saturated rings. The Kier molecular flexibility index (Phi) is 3.72. The van der Waals surface area contributed by atoms with Crippen molar-refractivity contribution in [1.82, 2.24) is 15.0 Å². The van der Waals surface area contributed by atoms with Crippen LogP contribution in [0.5, 0.6) is 0 Å². The highest BCUT2D eigenvalue weighted by molar-refractivity contribution is 5.33. The van der Waals surface area contributed by atoms with E-state index in [1.807, 2.05) is 6.92 Å². The Morgan fingerprint density at radius 1 is 1.44 bits per heavy atom. The molecule has 0 saturated carbocycles. The van der Waals surface area contributed by atoms with Crippen LogP contribution in [0.15, 0.2) is 24.4 Å². The van der Waals surface area contributed by atoms with E-state index in [9.17, 15) is 4.39 Å². The summed E-state index contributed by atoms with van der Waals surface area (Å²) in [6, 6.07) is 4.25. The third kappa shape index (κ3) is 2.41. The van der Waals surface area contributed by atoms with Crippen LogP contribution in [0.1, 0.15) is 36.2 Å². The van der Waals surface area contributed by atoms with Gasteiger partial charge in [-0.25, -0.2) is 9.07 Å². The first-order valence-corrected chi connectivity index (χ1v) is 6.03. The summed E-state index contributed by atoms with van der Waals surface area (Å²) >= 11 is 0. The van der Waals surface area contributed by atoms with E-state index in [0.717, 1.165) is 29.8 Å². The first-order chi connectivity index (χ1) is 8.63. The lowest BCUT2D eigenvalue weighted by atomic mass is 9.99. The zero-order chi connectivity index (χ0) is 13.1. The molecule has 1 aromatic carbocycles. The van der Waals surface area contributed by atoms with E-state index < -0.39 is 6.04 Å². The molecule has 0 radical (unpaired) electrons. The average molecular weight is 248 g/mol. The number of rotatable bonds is 4. The first-order valence-electron chi connectivity index (χ1n) is 6.03. The number of hydrogen-bond donors (Lipinski definition) is 1. The van der Waals surface area contributed by atoms with Gasteiger partial charge in [0.25, 0.3) is 0 Å². The number of hydrogen-bond acceptors (Lipinski definition) is 3. The number of halogens is 1. The summed E-state index contributed by atoms with van der Waals surface area (Å²) in [6.45, 7) is 4.74. The van der Waals surface area contributed by atoms with Crippen LogP contribution in [0.4, 0.5) is 4.39 Å². The minimum atomic E-state index is -0.401. The molecular weight excluding hydrogens is 231 g/mol. The summed E-state index contributed by atoms with van der Waals surface area (Å²) < 4.78 is 15.1. The molecule has 1 heterocycles. The summed E-state index contributed by atoms with van der Waals surface area (Å²) in [5, 5.41) is 7.88. The second kappa shape index (κ2) is 5.27. The quantitative estimate of drug-likeness (QED) is 0.902. The lowest BCUT2D eigenvalue weighted by Gasteiger charge is -2.15. The van der Waals surface area contributed by atoms with Crippen molar-refractivity contribution in [3.8, 4) is 0 Å². The topological polar surface area (TPSA) is 56.7 Å². The maximum atomic E-state index is 13.3. The van der Waals surface area contributed by atoms with E-state index in [4.69, 9.17) is 5.73 Å². The Morgan fingerprint density at radius 3 is 2.94 bits per heavy atom. The van der Waals surface area contributed by atoms with Crippen LogP contribution in [0.25, 0.3) is 0 Å². The Hall–Kier alpha value is -1.75. The maximum absolute atomic E-state index is 13.3. The third-order valence-electron chi connectivity index (χ3n) is 2.98. The van der Waals surface area contributed by atoms with Gasteiger partial charge in [-0.05, 0) is 36.6 Å². The smallest absolute Gasteiger partial charge is 0.123 e. The van der Waals surface area contributed by atoms with Crippen LogP contribution in [0, 0.1) is 12.7 Å². The molecule has 0 saturated heterocycles. The summed E-state index contributed by atoms with van der Waals surface area (Å²) in [5.41, 5.74) is 8.74. The highest BCUT2D eigenvalue weighted by atomic mass is 19.1. The second-order valence-electron chi connectivity index (χ2n) is 4.36. The third-order valence-corrected chi connectivity index (χ3v) is 2.98. The highest BCUT2D eigenvalue weighted by Crippen LogP contribution is 2.22. The van der Waals surface area contributed by atoms with Gasteiger partial charge in [0.05, 0.1) is 17.9 Å². The van der Waals surface area contributed by atoms with Crippen molar-refractivity contribution >= 4 is 0 Å². The molecule has 0 spiro atoms. The fraction of sp³-hybridized carbons (Fsp3) is 0.385. The lowest BCUT2D eigenvalue weighted by molar-refractivity contribution is 0.542. The Balaban J connectivity index is 2.38. The average Bonchev–Trinajstić information content (AvgIpc) is 2.80. The zero-order valence-corrected chi connectivity index (χ0v) is 10.6. The fourth-order valence-corrected chi connectivity index (χ4v) is 2.00. The summed E-state index contributed by atoms with van der Waals surface area (Å²) in [5.74, 6) is -0.277. The molecule has 96 valence electrons. The molecule has 2 rings (SSSR count). The molecule has 2 N–H and O–H groups in total. The fourth-order valence-electron chi connectivity index (χ4n) is 2.00. The summed E-state index contributed by atoms with van der Waals surface area (Å²) in [7, 11) is 0. The molecule has 1 unspecified atom stereocenters. The molecule has 5 heteroatoms. The van der Waals surface area contributed by atoms with Crippen molar-refractivity contribution in [2.45, 2.75) is 32.9 Å². The van der Waals surface area contributed by atoms with Gasteiger partial charge in [-0.1, -0.05) is 18.2 Å². The lowest BCUT2D eigenvalue weighted by Crippen LogP contribution is -2.18. The van der Waals surface area contributed by atoms with E-state index in [1.54, 1.807) is 16.9 Å². The van der Waals surface area contributed by atoms with Crippen molar-refractivity contribution in [2.24, 2.45) is 5.73 Å². The molecule has 0 aliphatic heterocycles. The molecule has 0 aliphatic carbocycles. The predicted molar refractivity (Wildman–Crippen MR) is 67.5 cm³/mol. The molecule has 0 aliphatic rings. The molecule has 4 nitrogen and oxygen atoms in total. The molecule has 1 aromatic heterocycles. The molecule has 0 amide bonds. The van der Waals surface area contributed by atoms with Crippen LogP contribution in [-0.4, -0.2) is 15.0 Å². The molecule has 2 aromatic rings. The SMILES string of the molecule is CCCn1nncc1C(N)c1cc(F)ccc1C. The van der Waals surface area contributed by atoms with Gasteiger partial charge < -0.3 is 5.73 Å². The monoisotopic (exact) mass is 248 g/mol. The van der Waals surface area contributed by atoms with Crippen molar-refractivity contribution in [1.29, 1.82) is 0 Å². The maximum Gasteiger partial charge on any atom is 0.123 e. The van der Waals surface area contributed by atoms with Gasteiger partial charge in [-0.15, -0.1) is 5.10 Å². The highest BCUT2D eigenvalue weighted by Gasteiger charge is 2.17. The van der Waals surface area contributed by atoms with Crippen LogP contribution in [-0.2, 0) is 6.54 Å². The van der Waals surface area contributed by atoms with E-state index in [0.29, 0.717) is 0 Å². The number of nitrogens with two attached hydrogens (primary N) is 1. The first kappa shape index (κ1) is 12.7. The van der Waals surface area contributed by atoms with Crippen LogP contribution in [0.3, 0.4) is 0 Å². The number of nitrogens with zero attached hydrogens (tertiary/aromatic N) is 3. The van der Waals surface area contributed by atoms with E-state index in [2.05, 4.69) is 17.2 Å². The molecule has 0 bridgehead atoms. The zero-order valence-electron chi connectivity index (χ0n) is 10.6. The van der Waals surface area contributed by atoms with Gasteiger partial charge in [0.2, 0.25) is 0 Å². The molecule has 18 heavy (non-hydrogen) atoms. The van der Waals surface area contributed by atoms with Crippen molar-refractivity contribution < 1.29 is 4.39 Å². The number of aryl methyl sites for hydroxylation is 2. The standard InChI is InChI=1S/C13H17FN4/c1-3-6-18-12(8-16-17-18)13(15)11-7-10(14)5-4-9(11)2/h4-5,7-8,13H,3,6,15H2,1-2H3. The van der Waals surface area contributed by atoms with E-state index in [1.165, 1.54) is 12.1 Å². The Morgan fingerprint density at radius 2 is 2.22 bits per heavy atom. The van der Waals surface area contributed by atoms with Gasteiger partial charge in [0.15, 0.2) is 0 Å². The number of benzene rings is 1. The van der Waals surface area contributed by atoms with Crippen molar-refractivity contribution in [2.75, 3.05) is 0 Å². The van der Waals surface area contributed by atoms with Gasteiger partial charge in [0, 0.05) is 6.54 Å². The summed E-state index contributed by atoms with van der Waals surface area (Å²) in [4.78, 5) is 0. The van der Waals surface area contributed by atoms with Crippen LogP contribution < -0.4 is 5.73 Å². The van der Waals surface area contributed by atoms with E-state index in [-0.39, 0.29) is 5.82 Å². The van der Waals surface area contributed by atoms with Gasteiger partial charge in [0.1, 0.15) is 5.82 Å². The molecule has 1 atom stereocenters. The van der Waals surface area contributed by atoms with Gasteiger partial charge in [-0.2, -0.15) is 0 Å². The predicted octanol–water partition coefficient (Wildman–Crippen LogP) is 2.18. The van der Waals surface area contributed by atoms with Gasteiger partial charge >= 0.3 is 0 Å². The van der Waals surface area contributed by atoms with Gasteiger partial charge in [-0.3, -0.25) is 0 Å². The normalized spacial score (nSPS) is 12.7. The molecular formula is C13H17FN4. The Labute approximate surface area is 106 Å².